The van der Waals surface area contributed by atoms with Gasteiger partial charge in [0.2, 0.25) is 0 Å². The molecule has 8 heteroatoms. The lowest BCUT2D eigenvalue weighted by molar-refractivity contribution is -0.141. The van der Waals surface area contributed by atoms with Gasteiger partial charge >= 0.3 is 17.8 Å². The van der Waals surface area contributed by atoms with Crippen molar-refractivity contribution in [3.05, 3.63) is 30.8 Å². The van der Waals surface area contributed by atoms with E-state index in [1.807, 2.05) is 0 Å². The van der Waals surface area contributed by atoms with Crippen LogP contribution in [-0.4, -0.2) is 46.6 Å². The molecule has 23 heavy (non-hydrogen) atoms. The SMILES string of the molecule is C=CCOC(=O)C(=[N+]=[N-])C(=O)C[C@H](C=C)NC(=O)OC(C)(C)C. The molecule has 0 spiro atoms. The van der Waals surface area contributed by atoms with Crippen LogP contribution in [0.15, 0.2) is 25.3 Å². The third-order valence-corrected chi connectivity index (χ3v) is 2.28. The largest absolute Gasteiger partial charge is 0.453 e. The molecule has 8 nitrogen and oxygen atoms in total. The Kier molecular flexibility index (Phi) is 8.21. The molecule has 0 heterocycles. The van der Waals surface area contributed by atoms with E-state index < -0.39 is 35.2 Å². The topological polar surface area (TPSA) is 118 Å². The molecule has 0 aliphatic rings. The fraction of sp³-hybridized carbons (Fsp3) is 0.467. The third kappa shape index (κ3) is 8.33. The molecular formula is C15H21N3O5. The zero-order chi connectivity index (χ0) is 18.0. The van der Waals surface area contributed by atoms with E-state index in [1.165, 1.54) is 12.2 Å². The molecule has 0 bridgehead atoms. The Morgan fingerprint density at radius 1 is 1.30 bits per heavy atom. The molecule has 0 saturated carbocycles. The maximum atomic E-state index is 12.0. The summed E-state index contributed by atoms with van der Waals surface area (Å²) in [5.74, 6) is -1.90. The molecule has 0 aromatic heterocycles. The van der Waals surface area contributed by atoms with E-state index in [0.717, 1.165) is 0 Å². The molecule has 1 atom stereocenters. The number of nitrogens with zero attached hydrogens (tertiary/aromatic N) is 2. The second-order valence-corrected chi connectivity index (χ2v) is 5.45. The van der Waals surface area contributed by atoms with Crippen molar-refractivity contribution in [1.82, 2.24) is 5.32 Å². The van der Waals surface area contributed by atoms with Crippen LogP contribution >= 0.6 is 0 Å². The molecule has 0 rings (SSSR count). The van der Waals surface area contributed by atoms with Crippen LogP contribution in [0, 0.1) is 0 Å². The molecule has 0 unspecified atom stereocenters. The first-order valence-corrected chi connectivity index (χ1v) is 6.80. The lowest BCUT2D eigenvalue weighted by Gasteiger charge is -2.21. The number of esters is 1. The van der Waals surface area contributed by atoms with Crippen molar-refractivity contribution in [2.75, 3.05) is 6.61 Å². The van der Waals surface area contributed by atoms with Gasteiger partial charge in [0.1, 0.15) is 12.2 Å². The minimum absolute atomic E-state index is 0.133. The highest BCUT2D eigenvalue weighted by molar-refractivity contribution is 6.62. The van der Waals surface area contributed by atoms with Crippen LogP contribution in [0.1, 0.15) is 27.2 Å². The highest BCUT2D eigenvalue weighted by atomic mass is 16.6. The maximum Gasteiger partial charge on any atom is 0.441 e. The molecule has 0 aromatic carbocycles. The summed E-state index contributed by atoms with van der Waals surface area (Å²) in [4.78, 5) is 37.8. The van der Waals surface area contributed by atoms with Gasteiger partial charge in [0.15, 0.2) is 0 Å². The Morgan fingerprint density at radius 3 is 2.35 bits per heavy atom. The van der Waals surface area contributed by atoms with Crippen LogP contribution in [0.3, 0.4) is 0 Å². The molecule has 0 aromatic rings. The van der Waals surface area contributed by atoms with Gasteiger partial charge in [-0.1, -0.05) is 18.7 Å². The second-order valence-electron chi connectivity index (χ2n) is 5.45. The third-order valence-electron chi connectivity index (χ3n) is 2.28. The zero-order valence-corrected chi connectivity index (χ0v) is 13.5. The minimum Gasteiger partial charge on any atom is -0.453 e. The Hall–Kier alpha value is -2.73. The average Bonchev–Trinajstić information content (AvgIpc) is 2.42. The number of ketones is 1. The Bertz CT molecular complexity index is 542. The summed E-state index contributed by atoms with van der Waals surface area (Å²) in [7, 11) is 0. The average molecular weight is 323 g/mol. The normalized spacial score (nSPS) is 11.4. The summed E-state index contributed by atoms with van der Waals surface area (Å²) in [5, 5.41) is 2.41. The van der Waals surface area contributed by atoms with Gasteiger partial charge in [0.05, 0.1) is 6.04 Å². The molecule has 1 N–H and O–H groups in total. The van der Waals surface area contributed by atoms with E-state index in [1.54, 1.807) is 20.8 Å². The van der Waals surface area contributed by atoms with Crippen molar-refractivity contribution in [3.8, 4) is 0 Å². The first-order valence-electron chi connectivity index (χ1n) is 6.80. The second kappa shape index (κ2) is 9.32. The van der Waals surface area contributed by atoms with Crippen LogP contribution < -0.4 is 5.32 Å². The molecule has 0 radical (unpaired) electrons. The lowest BCUT2D eigenvalue weighted by Crippen LogP contribution is -2.41. The van der Waals surface area contributed by atoms with Crippen molar-refractivity contribution >= 4 is 23.6 Å². The predicted octanol–water partition coefficient (Wildman–Crippen LogP) is 1.42. The van der Waals surface area contributed by atoms with Gasteiger partial charge < -0.3 is 20.3 Å². The van der Waals surface area contributed by atoms with Crippen LogP contribution in [0.2, 0.25) is 0 Å². The molecule has 0 aliphatic carbocycles. The number of Topliss-reactive ketones (excluding diaryl/α,β-unsaturated/α-hetero) is 1. The van der Waals surface area contributed by atoms with Crippen LogP contribution in [0.5, 0.6) is 0 Å². The summed E-state index contributed by atoms with van der Waals surface area (Å²) in [6.45, 7) is 11.8. The number of amides is 1. The van der Waals surface area contributed by atoms with Gasteiger partial charge in [0, 0.05) is 6.42 Å². The fourth-order valence-electron chi connectivity index (χ4n) is 1.36. The quantitative estimate of drug-likeness (QED) is 0.181. The number of alkyl carbamates (subject to hydrolysis) is 1. The molecule has 0 saturated heterocycles. The molecule has 0 aliphatic heterocycles. The molecular weight excluding hydrogens is 302 g/mol. The van der Waals surface area contributed by atoms with Gasteiger partial charge in [-0.25, -0.2) is 9.59 Å². The van der Waals surface area contributed by atoms with Crippen molar-refractivity contribution in [1.29, 1.82) is 0 Å². The van der Waals surface area contributed by atoms with Gasteiger partial charge in [-0.2, -0.15) is 4.79 Å². The summed E-state index contributed by atoms with van der Waals surface area (Å²) in [6.07, 6.45) is 1.51. The van der Waals surface area contributed by atoms with Gasteiger partial charge in [-0.15, -0.1) is 6.58 Å². The number of hydrogen-bond acceptors (Lipinski definition) is 5. The molecule has 0 fully saturated rings. The zero-order valence-electron chi connectivity index (χ0n) is 13.5. The summed E-state index contributed by atoms with van der Waals surface area (Å²) < 4.78 is 9.67. The predicted molar refractivity (Wildman–Crippen MR) is 82.8 cm³/mol. The first-order chi connectivity index (χ1) is 10.6. The number of carbonyl (C=O) groups is 3. The summed E-state index contributed by atoms with van der Waals surface area (Å²) in [5.41, 5.74) is 7.31. The smallest absolute Gasteiger partial charge is 0.441 e. The number of ether oxygens (including phenoxy) is 2. The Labute approximate surface area is 134 Å². The first kappa shape index (κ1) is 20.3. The van der Waals surface area contributed by atoms with E-state index in [2.05, 4.69) is 28.0 Å². The van der Waals surface area contributed by atoms with Crippen molar-refractivity contribution in [2.45, 2.75) is 38.8 Å². The van der Waals surface area contributed by atoms with Gasteiger partial charge in [-0.3, -0.25) is 4.79 Å². The molecule has 1 amide bonds. The summed E-state index contributed by atoms with van der Waals surface area (Å²) >= 11 is 0. The highest BCUT2D eigenvalue weighted by Crippen LogP contribution is 2.07. The monoisotopic (exact) mass is 323 g/mol. The highest BCUT2D eigenvalue weighted by Gasteiger charge is 2.32. The Morgan fingerprint density at radius 2 is 1.91 bits per heavy atom. The van der Waals surface area contributed by atoms with E-state index in [4.69, 9.17) is 10.3 Å². The Balaban J connectivity index is 4.79. The van der Waals surface area contributed by atoms with E-state index in [-0.39, 0.29) is 13.0 Å². The van der Waals surface area contributed by atoms with E-state index >= 15 is 0 Å². The van der Waals surface area contributed by atoms with Crippen molar-refractivity contribution in [2.24, 2.45) is 0 Å². The van der Waals surface area contributed by atoms with Crippen molar-refractivity contribution in [3.63, 3.8) is 0 Å². The number of carbonyl (C=O) groups excluding carboxylic acids is 3. The number of nitrogens with one attached hydrogen (secondary N) is 1. The van der Waals surface area contributed by atoms with E-state index in [0.29, 0.717) is 0 Å². The van der Waals surface area contributed by atoms with Crippen LogP contribution in [0.25, 0.3) is 5.53 Å². The summed E-state index contributed by atoms with van der Waals surface area (Å²) in [6, 6.07) is -0.804. The maximum absolute atomic E-state index is 12.0. The minimum atomic E-state index is -1.09. The fourth-order valence-corrected chi connectivity index (χ4v) is 1.36. The number of hydrogen-bond donors (Lipinski definition) is 1. The van der Waals surface area contributed by atoms with Crippen molar-refractivity contribution < 1.29 is 28.6 Å². The number of rotatable bonds is 8. The van der Waals surface area contributed by atoms with Gasteiger partial charge in [0.25, 0.3) is 5.78 Å². The standard InChI is InChI=1S/C15H21N3O5/c1-6-8-22-13(20)12(18-16)11(19)9-10(7-2)17-14(21)23-15(3,4)5/h6-7,10H,1-2,8-9H2,3-5H3,(H,17,21)/t10-/m0/s1. The molecule has 126 valence electrons. The van der Waals surface area contributed by atoms with Gasteiger partial charge in [-0.05, 0) is 20.8 Å². The van der Waals surface area contributed by atoms with Crippen LogP contribution in [0.4, 0.5) is 4.79 Å². The lowest BCUT2D eigenvalue weighted by atomic mass is 10.1. The van der Waals surface area contributed by atoms with E-state index in [9.17, 15) is 14.4 Å². The van der Waals surface area contributed by atoms with Crippen LogP contribution in [-0.2, 0) is 19.1 Å².